The fourth-order valence-electron chi connectivity index (χ4n) is 4.13. The van der Waals surface area contributed by atoms with Gasteiger partial charge in [0.05, 0.1) is 6.20 Å². The number of nitrogens with one attached hydrogen (secondary N) is 1. The molecule has 1 aliphatic rings. The Kier molecular flexibility index (Phi) is 7.05. The minimum absolute atomic E-state index is 0.00689. The summed E-state index contributed by atoms with van der Waals surface area (Å²) in [5, 5.41) is 11.2. The van der Waals surface area contributed by atoms with E-state index in [1.54, 1.807) is 18.3 Å². The van der Waals surface area contributed by atoms with Crippen molar-refractivity contribution in [1.82, 2.24) is 10.3 Å². The quantitative estimate of drug-likeness (QED) is 0.371. The van der Waals surface area contributed by atoms with Crippen molar-refractivity contribution in [2.24, 2.45) is 0 Å². The normalized spacial score (nSPS) is 17.2. The van der Waals surface area contributed by atoms with Crippen LogP contribution in [0.15, 0.2) is 66.9 Å². The number of aromatic nitrogens is 1. The van der Waals surface area contributed by atoms with Crippen molar-refractivity contribution >= 4 is 11.9 Å². The predicted octanol–water partition coefficient (Wildman–Crippen LogP) is 5.97. The lowest BCUT2D eigenvalue weighted by atomic mass is 9.78. The third kappa shape index (κ3) is 5.80. The Morgan fingerprint density at radius 2 is 1.51 bits per heavy atom. The van der Waals surface area contributed by atoms with Crippen molar-refractivity contribution in [1.29, 1.82) is 0 Å². The minimum Gasteiger partial charge on any atom is -0.490 e. The molecule has 1 fully saturated rings. The average Bonchev–Trinajstić information content (AvgIpc) is 2.83. The first-order valence-corrected chi connectivity index (χ1v) is 11.8. The Morgan fingerprint density at radius 1 is 0.943 bits per heavy atom. The summed E-state index contributed by atoms with van der Waals surface area (Å²) in [5.74, 6) is 2.07. The molecule has 0 atom stereocenters. The van der Waals surface area contributed by atoms with Gasteiger partial charge < -0.3 is 19.9 Å². The number of ketones is 1. The number of benzene rings is 2. The zero-order chi connectivity index (χ0) is 25.0. The zero-order valence-electron chi connectivity index (χ0n) is 20.2. The lowest BCUT2D eigenvalue weighted by Gasteiger charge is -2.35. The number of hydrogen-bond donors (Lipinski definition) is 2. The fourth-order valence-corrected chi connectivity index (χ4v) is 4.13. The van der Waals surface area contributed by atoms with Crippen LogP contribution in [-0.4, -0.2) is 34.1 Å². The number of rotatable bonds is 9. The Labute approximate surface area is 205 Å². The predicted molar refractivity (Wildman–Crippen MR) is 133 cm³/mol. The smallest absolute Gasteiger partial charge is 0.404 e. The van der Waals surface area contributed by atoms with Gasteiger partial charge in [-0.25, -0.2) is 9.78 Å². The highest BCUT2D eigenvalue weighted by molar-refractivity contribution is 5.93. The maximum atomic E-state index is 11.7. The molecule has 7 heteroatoms. The lowest BCUT2D eigenvalue weighted by molar-refractivity contribution is 0.0833. The molecule has 0 unspecified atom stereocenters. The molecule has 0 radical (unpaired) electrons. The molecular weight excluding hydrogens is 444 g/mol. The van der Waals surface area contributed by atoms with Gasteiger partial charge in [-0.3, -0.25) is 4.79 Å². The topological polar surface area (TPSA) is 97.8 Å². The first kappa shape index (κ1) is 24.3. The van der Waals surface area contributed by atoms with E-state index in [0.717, 1.165) is 16.9 Å². The summed E-state index contributed by atoms with van der Waals surface area (Å²) in [7, 11) is 0. The fraction of sp³-hybridized carbons (Fsp3) is 0.321. The van der Waals surface area contributed by atoms with E-state index in [2.05, 4.69) is 36.3 Å². The van der Waals surface area contributed by atoms with Gasteiger partial charge in [-0.05, 0) is 47.5 Å². The van der Waals surface area contributed by atoms with Crippen molar-refractivity contribution in [3.05, 3.63) is 83.7 Å². The molecule has 2 N–H and O–H groups in total. The van der Waals surface area contributed by atoms with E-state index in [4.69, 9.17) is 14.6 Å². The number of carboxylic acid groups (broad SMARTS) is 1. The average molecular weight is 475 g/mol. The summed E-state index contributed by atoms with van der Waals surface area (Å²) < 4.78 is 11.9. The van der Waals surface area contributed by atoms with Crippen molar-refractivity contribution < 1.29 is 24.2 Å². The number of carbonyl (C=O) groups is 2. The molecule has 0 saturated heterocycles. The standard InChI is InChI=1S/C28H30N2O5/c1-4-26(31)25-14-13-23(17-29-25)34-21-9-5-18(6-10-21)28(2,3)19-7-11-22(12-8-19)35-24-15-20(16-24)30-27(32)33/h5-14,17,20,24,30H,4,15-16H2,1-3H3,(H,32,33)/t20-,24-. The number of pyridine rings is 1. The lowest BCUT2D eigenvalue weighted by Crippen LogP contribution is -2.48. The van der Waals surface area contributed by atoms with Crippen LogP contribution < -0.4 is 14.8 Å². The van der Waals surface area contributed by atoms with Crippen LogP contribution in [0, 0.1) is 0 Å². The number of carbonyl (C=O) groups excluding carboxylic acids is 1. The molecule has 0 aliphatic heterocycles. The summed E-state index contributed by atoms with van der Waals surface area (Å²) >= 11 is 0. The Bertz CT molecular complexity index is 1170. The molecule has 3 aromatic rings. The van der Waals surface area contributed by atoms with Gasteiger partial charge in [0.1, 0.15) is 29.0 Å². The summed E-state index contributed by atoms with van der Waals surface area (Å²) in [4.78, 5) is 26.6. The molecule has 7 nitrogen and oxygen atoms in total. The van der Waals surface area contributed by atoms with Crippen LogP contribution in [0.4, 0.5) is 4.79 Å². The molecule has 0 bridgehead atoms. The van der Waals surface area contributed by atoms with Crippen LogP contribution in [-0.2, 0) is 5.41 Å². The maximum absolute atomic E-state index is 11.7. The van der Waals surface area contributed by atoms with Crippen LogP contribution in [0.2, 0.25) is 0 Å². The van der Waals surface area contributed by atoms with Gasteiger partial charge in [-0.15, -0.1) is 0 Å². The van der Waals surface area contributed by atoms with E-state index in [1.165, 1.54) is 0 Å². The Balaban J connectivity index is 1.36. The van der Waals surface area contributed by atoms with Crippen LogP contribution in [0.3, 0.4) is 0 Å². The van der Waals surface area contributed by atoms with Crippen molar-refractivity contribution in [3.8, 4) is 17.2 Å². The highest BCUT2D eigenvalue weighted by Gasteiger charge is 2.32. The molecule has 35 heavy (non-hydrogen) atoms. The highest BCUT2D eigenvalue weighted by atomic mass is 16.5. The molecule has 1 aromatic heterocycles. The molecule has 0 spiro atoms. The second-order valence-corrected chi connectivity index (χ2v) is 9.29. The summed E-state index contributed by atoms with van der Waals surface area (Å²) in [5.41, 5.74) is 2.51. The third-order valence-corrected chi connectivity index (χ3v) is 6.46. The number of Topliss-reactive ketones (excluding diaryl/α,β-unsaturated/α-hetero) is 1. The molecule has 2 aromatic carbocycles. The molecular formula is C28H30N2O5. The van der Waals surface area contributed by atoms with Gasteiger partial charge in [0.25, 0.3) is 0 Å². The van der Waals surface area contributed by atoms with E-state index in [1.807, 2.05) is 43.3 Å². The van der Waals surface area contributed by atoms with Gasteiger partial charge in [0, 0.05) is 30.7 Å². The van der Waals surface area contributed by atoms with E-state index in [0.29, 0.717) is 36.5 Å². The highest BCUT2D eigenvalue weighted by Crippen LogP contribution is 2.35. The maximum Gasteiger partial charge on any atom is 0.404 e. The van der Waals surface area contributed by atoms with E-state index in [9.17, 15) is 9.59 Å². The Morgan fingerprint density at radius 3 is 2.03 bits per heavy atom. The molecule has 1 aliphatic carbocycles. The van der Waals surface area contributed by atoms with Crippen molar-refractivity contribution in [2.45, 2.75) is 57.6 Å². The first-order valence-electron chi connectivity index (χ1n) is 11.8. The number of ether oxygens (including phenoxy) is 2. The van der Waals surface area contributed by atoms with Crippen LogP contribution in [0.1, 0.15) is 61.6 Å². The third-order valence-electron chi connectivity index (χ3n) is 6.46. The molecule has 4 rings (SSSR count). The minimum atomic E-state index is -0.990. The van der Waals surface area contributed by atoms with Gasteiger partial charge in [-0.1, -0.05) is 45.0 Å². The van der Waals surface area contributed by atoms with E-state index in [-0.39, 0.29) is 23.3 Å². The molecule has 1 heterocycles. The van der Waals surface area contributed by atoms with Crippen LogP contribution in [0.5, 0.6) is 17.2 Å². The molecule has 1 amide bonds. The first-order chi connectivity index (χ1) is 16.7. The largest absolute Gasteiger partial charge is 0.490 e. The van der Waals surface area contributed by atoms with E-state index < -0.39 is 6.09 Å². The van der Waals surface area contributed by atoms with Gasteiger partial charge in [0.2, 0.25) is 0 Å². The van der Waals surface area contributed by atoms with E-state index >= 15 is 0 Å². The van der Waals surface area contributed by atoms with Crippen LogP contribution in [0.25, 0.3) is 0 Å². The zero-order valence-corrected chi connectivity index (χ0v) is 20.2. The number of hydrogen-bond acceptors (Lipinski definition) is 5. The SMILES string of the molecule is CCC(=O)c1ccc(Oc2ccc(C(C)(C)c3ccc(O[C@H]4C[C@H](NC(=O)O)C4)cc3)cc2)cn1. The summed E-state index contributed by atoms with van der Waals surface area (Å²) in [6.07, 6.45) is 2.41. The van der Waals surface area contributed by atoms with Crippen LogP contribution >= 0.6 is 0 Å². The van der Waals surface area contributed by atoms with Gasteiger partial charge >= 0.3 is 6.09 Å². The number of amides is 1. The monoisotopic (exact) mass is 474 g/mol. The summed E-state index contributed by atoms with van der Waals surface area (Å²) in [6, 6.07) is 19.4. The van der Waals surface area contributed by atoms with Crippen molar-refractivity contribution in [3.63, 3.8) is 0 Å². The Hall–Kier alpha value is -3.87. The second kappa shape index (κ2) is 10.2. The molecule has 1 saturated carbocycles. The van der Waals surface area contributed by atoms with Gasteiger partial charge in [-0.2, -0.15) is 0 Å². The van der Waals surface area contributed by atoms with Gasteiger partial charge in [0.15, 0.2) is 5.78 Å². The molecule has 182 valence electrons. The summed E-state index contributed by atoms with van der Waals surface area (Å²) in [6.45, 7) is 6.15. The second-order valence-electron chi connectivity index (χ2n) is 9.29. The number of nitrogens with zero attached hydrogens (tertiary/aromatic N) is 1. The van der Waals surface area contributed by atoms with Crippen molar-refractivity contribution in [2.75, 3.05) is 0 Å².